The highest BCUT2D eigenvalue weighted by molar-refractivity contribution is 6.19. The lowest BCUT2D eigenvalue weighted by Gasteiger charge is -2.32. The molecule has 1 unspecified atom stereocenters. The highest BCUT2D eigenvalue weighted by Crippen LogP contribution is 2.34. The van der Waals surface area contributed by atoms with Crippen molar-refractivity contribution in [1.29, 1.82) is 0 Å². The molecule has 1 atom stereocenters. The molecule has 146 valence electrons. The molecule has 1 aromatic carbocycles. The SMILES string of the molecule is CCCN1C(=O)C2C(=Nc3n(-c4ccccc4OCC)c(C)c[n+]32)N(C)C1=O. The van der Waals surface area contributed by atoms with Crippen molar-refractivity contribution >= 4 is 23.7 Å². The average Bonchev–Trinajstić information content (AvgIpc) is 3.19. The van der Waals surface area contributed by atoms with Crippen LogP contribution >= 0.6 is 0 Å². The van der Waals surface area contributed by atoms with E-state index in [4.69, 9.17) is 9.73 Å². The molecule has 28 heavy (non-hydrogen) atoms. The number of hydrogen-bond acceptors (Lipinski definition) is 4. The van der Waals surface area contributed by atoms with Gasteiger partial charge in [-0.15, -0.1) is 0 Å². The molecule has 0 spiro atoms. The molecule has 0 saturated carbocycles. The Hall–Kier alpha value is -3.16. The summed E-state index contributed by atoms with van der Waals surface area (Å²) < 4.78 is 9.60. The van der Waals surface area contributed by atoms with Gasteiger partial charge in [-0.3, -0.25) is 14.6 Å². The van der Waals surface area contributed by atoms with Crippen LogP contribution in [0.25, 0.3) is 5.69 Å². The van der Waals surface area contributed by atoms with E-state index >= 15 is 0 Å². The predicted molar refractivity (Wildman–Crippen MR) is 103 cm³/mol. The number of fused-ring (bicyclic) bond motifs is 3. The largest absolute Gasteiger partial charge is 0.490 e. The number of ether oxygens (including phenoxy) is 1. The molecule has 8 nitrogen and oxygen atoms in total. The van der Waals surface area contributed by atoms with Crippen molar-refractivity contribution in [1.82, 2.24) is 14.4 Å². The van der Waals surface area contributed by atoms with E-state index in [1.165, 1.54) is 9.80 Å². The molecule has 0 radical (unpaired) electrons. The van der Waals surface area contributed by atoms with Gasteiger partial charge in [-0.2, -0.15) is 4.57 Å². The summed E-state index contributed by atoms with van der Waals surface area (Å²) in [5.41, 5.74) is 1.78. The van der Waals surface area contributed by atoms with Gasteiger partial charge < -0.3 is 4.74 Å². The van der Waals surface area contributed by atoms with Gasteiger partial charge in [0.15, 0.2) is 5.75 Å². The second kappa shape index (κ2) is 6.78. The van der Waals surface area contributed by atoms with Gasteiger partial charge >= 0.3 is 12.0 Å². The fourth-order valence-electron chi connectivity index (χ4n) is 3.83. The quantitative estimate of drug-likeness (QED) is 0.746. The van der Waals surface area contributed by atoms with E-state index in [9.17, 15) is 9.59 Å². The van der Waals surface area contributed by atoms with Crippen molar-refractivity contribution in [3.63, 3.8) is 0 Å². The summed E-state index contributed by atoms with van der Waals surface area (Å²) >= 11 is 0. The molecule has 2 aromatic rings. The number of imidazole rings is 1. The molecule has 2 aliphatic rings. The maximum absolute atomic E-state index is 13.1. The molecule has 3 heterocycles. The third-order valence-electron chi connectivity index (χ3n) is 5.06. The van der Waals surface area contributed by atoms with Crippen molar-refractivity contribution in [2.75, 3.05) is 20.2 Å². The minimum Gasteiger partial charge on any atom is -0.490 e. The predicted octanol–water partition coefficient (Wildman–Crippen LogP) is 2.36. The summed E-state index contributed by atoms with van der Waals surface area (Å²) in [5, 5.41) is 0. The van der Waals surface area contributed by atoms with E-state index < -0.39 is 6.04 Å². The number of benzene rings is 1. The third kappa shape index (κ3) is 2.51. The topological polar surface area (TPSA) is 71.0 Å². The first-order valence-electron chi connectivity index (χ1n) is 9.52. The second-order valence-corrected chi connectivity index (χ2v) is 6.92. The van der Waals surface area contributed by atoms with Crippen molar-refractivity contribution < 1.29 is 18.9 Å². The number of amidine groups is 1. The van der Waals surface area contributed by atoms with E-state index in [0.29, 0.717) is 31.4 Å². The number of hydrogen-bond donors (Lipinski definition) is 0. The fraction of sp³-hybridized carbons (Fsp3) is 0.400. The number of rotatable bonds is 5. The zero-order chi connectivity index (χ0) is 20.0. The molecule has 8 heteroatoms. The van der Waals surface area contributed by atoms with E-state index in [2.05, 4.69) is 0 Å². The Kier molecular flexibility index (Phi) is 4.41. The minimum absolute atomic E-state index is 0.234. The number of carbonyl (C=O) groups is 2. The van der Waals surface area contributed by atoms with Crippen molar-refractivity contribution in [2.24, 2.45) is 4.99 Å². The molecule has 1 saturated heterocycles. The smallest absolute Gasteiger partial charge is 0.407 e. The Morgan fingerprint density at radius 2 is 1.96 bits per heavy atom. The molecular formula is C20H24N5O3+. The van der Waals surface area contributed by atoms with Crippen molar-refractivity contribution in [3.05, 3.63) is 36.2 Å². The highest BCUT2D eigenvalue weighted by Gasteiger charge is 2.53. The monoisotopic (exact) mass is 382 g/mol. The third-order valence-corrected chi connectivity index (χ3v) is 5.06. The van der Waals surface area contributed by atoms with Crippen LogP contribution in [0.3, 0.4) is 0 Å². The van der Waals surface area contributed by atoms with Crippen molar-refractivity contribution in [3.8, 4) is 11.4 Å². The molecule has 1 fully saturated rings. The Bertz CT molecular complexity index is 994. The van der Waals surface area contributed by atoms with Crippen LogP contribution in [0.15, 0.2) is 35.5 Å². The number of imide groups is 1. The normalized spacial score (nSPS) is 18.3. The fourth-order valence-corrected chi connectivity index (χ4v) is 3.83. The second-order valence-electron chi connectivity index (χ2n) is 6.92. The highest BCUT2D eigenvalue weighted by atomic mass is 16.5. The maximum Gasteiger partial charge on any atom is 0.407 e. The number of urea groups is 1. The van der Waals surface area contributed by atoms with Gasteiger partial charge in [0.05, 0.1) is 6.61 Å². The summed E-state index contributed by atoms with van der Waals surface area (Å²) in [6.07, 6.45) is 2.62. The molecule has 2 aliphatic heterocycles. The maximum atomic E-state index is 13.1. The summed E-state index contributed by atoms with van der Waals surface area (Å²) in [6, 6.07) is 6.78. The lowest BCUT2D eigenvalue weighted by Crippen LogP contribution is -2.62. The standard InChI is InChI=1S/C20H24N5O3/c1-5-11-23-18(26)16-17(22(4)20(23)27)21-19-24(16)12-13(3)25(19)14-9-7-8-10-15(14)28-6-2/h7-10,12,16H,5-6,11H2,1-4H3/q+1. The number of carbonyl (C=O) groups excluding carboxylic acids is 2. The van der Waals surface area contributed by atoms with E-state index in [1.54, 1.807) is 7.05 Å². The van der Waals surface area contributed by atoms with E-state index in [-0.39, 0.29) is 11.9 Å². The van der Waals surface area contributed by atoms with Gasteiger partial charge in [-0.25, -0.2) is 9.36 Å². The zero-order valence-corrected chi connectivity index (χ0v) is 16.5. The number of amides is 3. The van der Waals surface area contributed by atoms with E-state index in [0.717, 1.165) is 17.1 Å². The Morgan fingerprint density at radius 1 is 1.21 bits per heavy atom. The van der Waals surface area contributed by atoms with Crippen LogP contribution < -0.4 is 9.30 Å². The molecule has 0 bridgehead atoms. The number of likely N-dealkylation sites (N-methyl/N-ethyl adjacent to an activating group) is 1. The first-order chi connectivity index (χ1) is 13.5. The number of aromatic nitrogens is 2. The molecule has 0 aliphatic carbocycles. The summed E-state index contributed by atoms with van der Waals surface area (Å²) in [6.45, 7) is 6.80. The van der Waals surface area contributed by atoms with Gasteiger partial charge in [0.2, 0.25) is 11.9 Å². The summed E-state index contributed by atoms with van der Waals surface area (Å²) in [7, 11) is 1.67. The van der Waals surface area contributed by atoms with Crippen molar-refractivity contribution in [2.45, 2.75) is 33.2 Å². The Morgan fingerprint density at radius 3 is 2.68 bits per heavy atom. The summed E-state index contributed by atoms with van der Waals surface area (Å²) in [4.78, 5) is 33.2. The van der Waals surface area contributed by atoms with Crippen LogP contribution in [-0.2, 0) is 4.79 Å². The van der Waals surface area contributed by atoms with Crippen LogP contribution in [0.5, 0.6) is 5.75 Å². The molecule has 3 amide bonds. The lowest BCUT2D eigenvalue weighted by molar-refractivity contribution is -0.676. The van der Waals surface area contributed by atoms with Crippen LogP contribution in [-0.4, -0.2) is 52.3 Å². The molecule has 1 aromatic heterocycles. The van der Waals surface area contributed by atoms with Crippen LogP contribution in [0.4, 0.5) is 10.7 Å². The Balaban J connectivity index is 1.86. The van der Waals surface area contributed by atoms with Crippen LogP contribution in [0, 0.1) is 6.92 Å². The first kappa shape index (κ1) is 18.2. The number of aryl methyl sites for hydroxylation is 1. The number of para-hydroxylation sites is 2. The first-order valence-corrected chi connectivity index (χ1v) is 9.52. The lowest BCUT2D eigenvalue weighted by atomic mass is 10.1. The number of nitrogens with zero attached hydrogens (tertiary/aromatic N) is 5. The van der Waals surface area contributed by atoms with E-state index in [1.807, 2.05) is 60.4 Å². The van der Waals surface area contributed by atoms with Gasteiger partial charge in [-0.1, -0.05) is 24.0 Å². The Labute approximate surface area is 163 Å². The average molecular weight is 382 g/mol. The molecular weight excluding hydrogens is 358 g/mol. The zero-order valence-electron chi connectivity index (χ0n) is 16.5. The molecule has 0 N–H and O–H groups in total. The van der Waals surface area contributed by atoms with Gasteiger partial charge in [0, 0.05) is 13.6 Å². The molecule has 4 rings (SSSR count). The van der Waals surface area contributed by atoms with Gasteiger partial charge in [-0.05, 0) is 32.4 Å². The van der Waals surface area contributed by atoms with Crippen LogP contribution in [0.1, 0.15) is 32.0 Å². The summed E-state index contributed by atoms with van der Waals surface area (Å²) in [5.74, 6) is 1.57. The van der Waals surface area contributed by atoms with Gasteiger partial charge in [0.25, 0.3) is 5.91 Å². The van der Waals surface area contributed by atoms with Crippen LogP contribution in [0.2, 0.25) is 0 Å². The van der Waals surface area contributed by atoms with Gasteiger partial charge in [0.1, 0.15) is 17.6 Å². The number of aliphatic imine (C=N–C) groups is 1. The minimum atomic E-state index is -0.622.